The van der Waals surface area contributed by atoms with E-state index >= 15 is 0 Å². The Morgan fingerprint density at radius 3 is 3.06 bits per heavy atom. The van der Waals surface area contributed by atoms with E-state index in [1.54, 1.807) is 0 Å². The Morgan fingerprint density at radius 2 is 2.44 bits per heavy atom. The highest BCUT2D eigenvalue weighted by molar-refractivity contribution is 7.99. The van der Waals surface area contributed by atoms with Gasteiger partial charge in [-0.1, -0.05) is 6.92 Å². The lowest BCUT2D eigenvalue weighted by atomic mass is 10.1. The summed E-state index contributed by atoms with van der Waals surface area (Å²) in [7, 11) is 0. The first-order chi connectivity index (χ1) is 7.76. The number of hydrogen-bond donors (Lipinski definition) is 1. The minimum atomic E-state index is 0.135. The predicted octanol–water partition coefficient (Wildman–Crippen LogP) is 2.75. The van der Waals surface area contributed by atoms with Crippen LogP contribution in [0.15, 0.2) is 12.5 Å². The Hall–Kier alpha value is -0.480. The molecule has 1 aliphatic carbocycles. The molecule has 1 aromatic rings. The third-order valence-electron chi connectivity index (χ3n) is 3.60. The van der Waals surface area contributed by atoms with Gasteiger partial charge in [-0.15, -0.1) is 0 Å². The van der Waals surface area contributed by atoms with Crippen molar-refractivity contribution >= 4 is 11.8 Å². The number of hydrogen-bond acceptors (Lipinski definition) is 3. The first kappa shape index (κ1) is 12.0. The van der Waals surface area contributed by atoms with Gasteiger partial charge >= 0.3 is 0 Å². The molecule has 0 saturated heterocycles. The molecule has 1 aliphatic rings. The van der Waals surface area contributed by atoms with E-state index in [4.69, 9.17) is 5.73 Å². The summed E-state index contributed by atoms with van der Waals surface area (Å²) >= 11 is 1.99. The summed E-state index contributed by atoms with van der Waals surface area (Å²) in [6.45, 7) is 2.13. The predicted molar refractivity (Wildman–Crippen MR) is 69.6 cm³/mol. The van der Waals surface area contributed by atoms with Crippen molar-refractivity contribution in [3.8, 4) is 0 Å². The molecule has 0 amide bonds. The summed E-state index contributed by atoms with van der Waals surface area (Å²) < 4.78 is 2.31. The van der Waals surface area contributed by atoms with E-state index in [-0.39, 0.29) is 6.04 Å². The topological polar surface area (TPSA) is 43.8 Å². The summed E-state index contributed by atoms with van der Waals surface area (Å²) in [5.74, 6) is 0. The number of nitrogens with two attached hydrogens (primary N) is 1. The highest BCUT2D eigenvalue weighted by atomic mass is 32.2. The van der Waals surface area contributed by atoms with E-state index < -0.39 is 0 Å². The Kier molecular flexibility index (Phi) is 3.92. The maximum atomic E-state index is 6.11. The van der Waals surface area contributed by atoms with E-state index in [0.29, 0.717) is 6.04 Å². The van der Waals surface area contributed by atoms with Gasteiger partial charge in [0.05, 0.1) is 12.0 Å². The average molecular weight is 239 g/mol. The normalized spacial score (nSPS) is 27.2. The first-order valence-corrected chi connectivity index (χ1v) is 7.35. The van der Waals surface area contributed by atoms with Crippen molar-refractivity contribution in [2.24, 2.45) is 5.73 Å². The van der Waals surface area contributed by atoms with E-state index in [9.17, 15) is 0 Å². The second kappa shape index (κ2) is 5.23. The highest BCUT2D eigenvalue weighted by Crippen LogP contribution is 2.37. The van der Waals surface area contributed by atoms with Gasteiger partial charge in [-0.2, -0.15) is 11.8 Å². The number of imidazole rings is 1. The van der Waals surface area contributed by atoms with Gasteiger partial charge in [0.2, 0.25) is 0 Å². The van der Waals surface area contributed by atoms with Crippen LogP contribution in [0.3, 0.4) is 0 Å². The number of aromatic nitrogens is 2. The minimum Gasteiger partial charge on any atom is -0.330 e. The van der Waals surface area contributed by atoms with Gasteiger partial charge in [-0.3, -0.25) is 0 Å². The molecule has 0 radical (unpaired) electrons. The molecule has 3 nitrogen and oxygen atoms in total. The molecule has 3 atom stereocenters. The van der Waals surface area contributed by atoms with Gasteiger partial charge in [0.15, 0.2) is 0 Å². The van der Waals surface area contributed by atoms with Gasteiger partial charge in [-0.05, 0) is 31.9 Å². The zero-order valence-electron chi connectivity index (χ0n) is 10.1. The lowest BCUT2D eigenvalue weighted by Crippen LogP contribution is -2.17. The van der Waals surface area contributed by atoms with Crippen molar-refractivity contribution in [3.63, 3.8) is 0 Å². The van der Waals surface area contributed by atoms with Crippen molar-refractivity contribution in [2.75, 3.05) is 6.26 Å². The van der Waals surface area contributed by atoms with E-state index in [1.165, 1.54) is 25.0 Å². The fourth-order valence-corrected chi connectivity index (χ4v) is 3.29. The standard InChI is InChI=1S/C12H21N3S/c1-3-11(13)12-7-14-8-15(12)9-4-5-10(6-9)16-2/h7-11H,3-6,13H2,1-2H3/t9?,10?,11-/m1/s1. The van der Waals surface area contributed by atoms with Crippen molar-refractivity contribution in [1.82, 2.24) is 9.55 Å². The highest BCUT2D eigenvalue weighted by Gasteiger charge is 2.27. The minimum absolute atomic E-state index is 0.135. The molecule has 1 fully saturated rings. The van der Waals surface area contributed by atoms with Gasteiger partial charge in [0.1, 0.15) is 0 Å². The van der Waals surface area contributed by atoms with Crippen LogP contribution in [0.2, 0.25) is 0 Å². The lowest BCUT2D eigenvalue weighted by molar-refractivity contribution is 0.480. The summed E-state index contributed by atoms with van der Waals surface area (Å²) in [4.78, 5) is 4.26. The molecular weight excluding hydrogens is 218 g/mol. The second-order valence-corrected chi connectivity index (χ2v) is 5.70. The molecule has 16 heavy (non-hydrogen) atoms. The van der Waals surface area contributed by atoms with E-state index in [2.05, 4.69) is 22.7 Å². The van der Waals surface area contributed by atoms with Crippen molar-refractivity contribution in [3.05, 3.63) is 18.2 Å². The SMILES string of the molecule is CC[C@@H](N)c1cncn1C1CCC(SC)C1. The van der Waals surface area contributed by atoms with Crippen LogP contribution in [0.1, 0.15) is 50.4 Å². The van der Waals surface area contributed by atoms with Crippen LogP contribution in [-0.4, -0.2) is 21.1 Å². The third kappa shape index (κ3) is 2.28. The van der Waals surface area contributed by atoms with Crippen LogP contribution in [0, 0.1) is 0 Å². The van der Waals surface area contributed by atoms with Crippen LogP contribution in [0.5, 0.6) is 0 Å². The molecule has 0 bridgehead atoms. The van der Waals surface area contributed by atoms with Crippen LogP contribution < -0.4 is 5.73 Å². The largest absolute Gasteiger partial charge is 0.330 e. The molecule has 1 saturated carbocycles. The molecule has 2 N–H and O–H groups in total. The Balaban J connectivity index is 2.12. The van der Waals surface area contributed by atoms with Crippen molar-refractivity contribution in [2.45, 2.75) is 49.9 Å². The van der Waals surface area contributed by atoms with Crippen LogP contribution in [0.25, 0.3) is 0 Å². The zero-order valence-corrected chi connectivity index (χ0v) is 10.9. The summed E-state index contributed by atoms with van der Waals surface area (Å²) in [6.07, 6.45) is 10.9. The molecule has 2 rings (SSSR count). The Bertz CT molecular complexity index is 337. The molecule has 4 heteroatoms. The number of thioether (sulfide) groups is 1. The Morgan fingerprint density at radius 1 is 1.62 bits per heavy atom. The molecule has 0 aliphatic heterocycles. The molecule has 2 unspecified atom stereocenters. The van der Waals surface area contributed by atoms with Crippen LogP contribution in [0.4, 0.5) is 0 Å². The molecule has 0 spiro atoms. The molecule has 0 aromatic carbocycles. The third-order valence-corrected chi connectivity index (χ3v) is 4.69. The zero-order chi connectivity index (χ0) is 11.5. The van der Waals surface area contributed by atoms with Crippen LogP contribution >= 0.6 is 11.8 Å². The van der Waals surface area contributed by atoms with Crippen LogP contribution in [-0.2, 0) is 0 Å². The quantitative estimate of drug-likeness (QED) is 0.878. The molecule has 90 valence electrons. The smallest absolute Gasteiger partial charge is 0.0951 e. The van der Waals surface area contributed by atoms with Gasteiger partial charge in [0, 0.05) is 23.5 Å². The van der Waals surface area contributed by atoms with Gasteiger partial charge in [-0.25, -0.2) is 4.98 Å². The maximum absolute atomic E-state index is 6.11. The van der Waals surface area contributed by atoms with E-state index in [0.717, 1.165) is 11.7 Å². The summed E-state index contributed by atoms with van der Waals surface area (Å²) in [5.41, 5.74) is 7.31. The summed E-state index contributed by atoms with van der Waals surface area (Å²) in [6, 6.07) is 0.753. The second-order valence-electron chi connectivity index (χ2n) is 4.57. The number of nitrogens with zero attached hydrogens (tertiary/aromatic N) is 2. The number of rotatable bonds is 4. The first-order valence-electron chi connectivity index (χ1n) is 6.06. The lowest BCUT2D eigenvalue weighted by Gasteiger charge is -2.18. The molecule has 1 aromatic heterocycles. The van der Waals surface area contributed by atoms with Crippen molar-refractivity contribution < 1.29 is 0 Å². The molecular formula is C12H21N3S. The van der Waals surface area contributed by atoms with Gasteiger partial charge < -0.3 is 10.3 Å². The van der Waals surface area contributed by atoms with Gasteiger partial charge in [0.25, 0.3) is 0 Å². The average Bonchev–Trinajstić information content (AvgIpc) is 2.95. The fourth-order valence-electron chi connectivity index (χ4n) is 2.50. The maximum Gasteiger partial charge on any atom is 0.0951 e. The monoisotopic (exact) mass is 239 g/mol. The molecule has 1 heterocycles. The van der Waals surface area contributed by atoms with Crippen molar-refractivity contribution in [1.29, 1.82) is 0 Å². The Labute approximate surface area is 102 Å². The summed E-state index contributed by atoms with van der Waals surface area (Å²) in [5, 5.41) is 0.818. The fraction of sp³-hybridized carbons (Fsp3) is 0.750. The van der Waals surface area contributed by atoms with E-state index in [1.807, 2.05) is 24.3 Å².